The van der Waals surface area contributed by atoms with E-state index in [0.29, 0.717) is 55.8 Å². The molecule has 8 heteroatoms. The second kappa shape index (κ2) is 8.80. The molecule has 2 aliphatic rings. The largest absolute Gasteiger partial charge is 0.438 e. The van der Waals surface area contributed by atoms with E-state index in [1.54, 1.807) is 30.5 Å². The lowest BCUT2D eigenvalue weighted by molar-refractivity contribution is 0.122. The van der Waals surface area contributed by atoms with Gasteiger partial charge in [-0.1, -0.05) is 23.7 Å². The van der Waals surface area contributed by atoms with Crippen molar-refractivity contribution in [2.45, 2.75) is 12.6 Å². The molecular weight excluding hydrogens is 397 g/mol. The van der Waals surface area contributed by atoms with E-state index in [1.165, 1.54) is 11.0 Å². The van der Waals surface area contributed by atoms with Gasteiger partial charge in [-0.2, -0.15) is 0 Å². The van der Waals surface area contributed by atoms with E-state index in [1.807, 2.05) is 17.0 Å². The SMILES string of the molecule is O=C1OC(C=NCc2ccc(Cl)cc2)CN1c1ccc(N2CCOCC2)c(F)c1. The summed E-state index contributed by atoms with van der Waals surface area (Å²) in [5, 5.41) is 0.671. The maximum atomic E-state index is 14.6. The molecular formula is C21H21ClFN3O3. The van der Waals surface area contributed by atoms with Crippen molar-refractivity contribution in [3.63, 3.8) is 0 Å². The molecule has 0 radical (unpaired) electrons. The van der Waals surface area contributed by atoms with E-state index in [9.17, 15) is 9.18 Å². The van der Waals surface area contributed by atoms with Gasteiger partial charge >= 0.3 is 6.09 Å². The Morgan fingerprint density at radius 2 is 1.93 bits per heavy atom. The zero-order valence-corrected chi connectivity index (χ0v) is 16.5. The van der Waals surface area contributed by atoms with Gasteiger partial charge in [0.25, 0.3) is 0 Å². The first-order chi connectivity index (χ1) is 14.1. The summed E-state index contributed by atoms with van der Waals surface area (Å²) in [6.45, 7) is 3.21. The van der Waals surface area contributed by atoms with Gasteiger partial charge < -0.3 is 14.4 Å². The Morgan fingerprint density at radius 1 is 1.17 bits per heavy atom. The number of ether oxygens (including phenoxy) is 2. The van der Waals surface area contributed by atoms with Crippen molar-refractivity contribution in [3.05, 3.63) is 58.9 Å². The van der Waals surface area contributed by atoms with Crippen molar-refractivity contribution in [3.8, 4) is 0 Å². The van der Waals surface area contributed by atoms with Crippen LogP contribution in [-0.2, 0) is 16.0 Å². The topological polar surface area (TPSA) is 54.4 Å². The molecule has 0 aliphatic carbocycles. The quantitative estimate of drug-likeness (QED) is 0.692. The molecule has 1 unspecified atom stereocenters. The normalized spacial score (nSPS) is 19.8. The Morgan fingerprint density at radius 3 is 2.66 bits per heavy atom. The van der Waals surface area contributed by atoms with Crippen LogP contribution in [-0.4, -0.2) is 51.3 Å². The van der Waals surface area contributed by atoms with Crippen LogP contribution in [0.4, 0.5) is 20.6 Å². The fourth-order valence-electron chi connectivity index (χ4n) is 3.36. The summed E-state index contributed by atoms with van der Waals surface area (Å²) in [6, 6.07) is 12.2. The summed E-state index contributed by atoms with van der Waals surface area (Å²) in [4.78, 5) is 19.9. The highest BCUT2D eigenvalue weighted by Gasteiger charge is 2.32. The van der Waals surface area contributed by atoms with Crippen LogP contribution in [0.2, 0.25) is 5.02 Å². The molecule has 6 nitrogen and oxygen atoms in total. The van der Waals surface area contributed by atoms with E-state index >= 15 is 0 Å². The summed E-state index contributed by atoms with van der Waals surface area (Å²) in [7, 11) is 0. The van der Waals surface area contributed by atoms with Crippen molar-refractivity contribution in [2.75, 3.05) is 42.6 Å². The molecule has 4 rings (SSSR count). The van der Waals surface area contributed by atoms with Crippen molar-refractivity contribution in [1.29, 1.82) is 0 Å². The Labute approximate surface area is 173 Å². The minimum Gasteiger partial charge on any atom is -0.438 e. The Hall–Kier alpha value is -2.64. The molecule has 0 bridgehead atoms. The Balaban J connectivity index is 1.39. The van der Waals surface area contributed by atoms with Gasteiger partial charge in [-0.15, -0.1) is 0 Å². The second-order valence-corrected chi connectivity index (χ2v) is 7.32. The zero-order valence-electron chi connectivity index (χ0n) is 15.8. The Kier molecular flexibility index (Phi) is 5.97. The number of anilines is 2. The number of carbonyl (C=O) groups is 1. The first-order valence-electron chi connectivity index (χ1n) is 9.45. The predicted octanol–water partition coefficient (Wildman–Crippen LogP) is 3.91. The number of cyclic esters (lactones) is 1. The van der Waals surface area contributed by atoms with Crippen LogP contribution in [0.3, 0.4) is 0 Å². The standard InChI is InChI=1S/C21H21ClFN3O3/c22-16-3-1-15(2-4-16)12-24-13-18-14-26(21(27)29-18)17-5-6-20(19(23)11-17)25-7-9-28-10-8-25/h1-6,11,13,18H,7-10,12,14H2. The van der Waals surface area contributed by atoms with Gasteiger partial charge in [0.05, 0.1) is 37.7 Å². The van der Waals surface area contributed by atoms with Crippen LogP contribution >= 0.6 is 11.6 Å². The molecule has 2 aromatic rings. The summed E-state index contributed by atoms with van der Waals surface area (Å²) in [5.41, 5.74) is 2.00. The van der Waals surface area contributed by atoms with Crippen molar-refractivity contribution in [1.82, 2.24) is 0 Å². The molecule has 1 atom stereocenters. The minimum absolute atomic E-state index is 0.291. The monoisotopic (exact) mass is 417 g/mol. The molecule has 29 heavy (non-hydrogen) atoms. The lowest BCUT2D eigenvalue weighted by Gasteiger charge is -2.29. The molecule has 0 aromatic heterocycles. The maximum absolute atomic E-state index is 14.6. The van der Waals surface area contributed by atoms with Crippen LogP contribution in [0.1, 0.15) is 5.56 Å². The Bertz CT molecular complexity index is 901. The highest BCUT2D eigenvalue weighted by atomic mass is 35.5. The number of morpholine rings is 1. The summed E-state index contributed by atoms with van der Waals surface area (Å²) >= 11 is 5.87. The molecule has 2 fully saturated rings. The number of amides is 1. The predicted molar refractivity (Wildman–Crippen MR) is 111 cm³/mol. The van der Waals surface area contributed by atoms with Gasteiger partial charge in [-0.05, 0) is 35.9 Å². The number of benzene rings is 2. The van der Waals surface area contributed by atoms with Crippen molar-refractivity contribution >= 4 is 35.3 Å². The third-order valence-electron chi connectivity index (χ3n) is 4.89. The van der Waals surface area contributed by atoms with E-state index in [0.717, 1.165) is 5.56 Å². The maximum Gasteiger partial charge on any atom is 0.415 e. The van der Waals surface area contributed by atoms with E-state index < -0.39 is 12.2 Å². The molecule has 2 aromatic carbocycles. The van der Waals surface area contributed by atoms with Gasteiger partial charge in [0, 0.05) is 24.3 Å². The fourth-order valence-corrected chi connectivity index (χ4v) is 3.49. The van der Waals surface area contributed by atoms with Crippen LogP contribution in [0, 0.1) is 5.82 Å². The van der Waals surface area contributed by atoms with Gasteiger partial charge in [0.15, 0.2) is 6.10 Å². The number of hydrogen-bond acceptors (Lipinski definition) is 5. The van der Waals surface area contributed by atoms with E-state index in [-0.39, 0.29) is 5.82 Å². The van der Waals surface area contributed by atoms with Crippen LogP contribution in [0.5, 0.6) is 0 Å². The number of nitrogens with zero attached hydrogens (tertiary/aromatic N) is 3. The highest BCUT2D eigenvalue weighted by molar-refractivity contribution is 6.30. The van der Waals surface area contributed by atoms with Crippen LogP contribution in [0.15, 0.2) is 47.5 Å². The average Bonchev–Trinajstić information content (AvgIpc) is 3.10. The lowest BCUT2D eigenvalue weighted by Crippen LogP contribution is -2.36. The third kappa shape index (κ3) is 4.68. The number of carbonyl (C=O) groups excluding carboxylic acids is 1. The zero-order chi connectivity index (χ0) is 20.2. The van der Waals surface area contributed by atoms with Gasteiger partial charge in [-0.3, -0.25) is 9.89 Å². The molecule has 2 heterocycles. The van der Waals surface area contributed by atoms with Crippen molar-refractivity contribution < 1.29 is 18.7 Å². The number of hydrogen-bond donors (Lipinski definition) is 0. The lowest BCUT2D eigenvalue weighted by atomic mass is 10.2. The van der Waals surface area contributed by atoms with Gasteiger partial charge in [-0.25, -0.2) is 9.18 Å². The average molecular weight is 418 g/mol. The van der Waals surface area contributed by atoms with Crippen LogP contribution in [0.25, 0.3) is 0 Å². The van der Waals surface area contributed by atoms with E-state index in [2.05, 4.69) is 4.99 Å². The number of halogens is 2. The van der Waals surface area contributed by atoms with Crippen LogP contribution < -0.4 is 9.80 Å². The molecule has 152 valence electrons. The molecule has 1 amide bonds. The number of rotatable bonds is 5. The van der Waals surface area contributed by atoms with Gasteiger partial charge in [0.2, 0.25) is 0 Å². The molecule has 0 saturated carbocycles. The van der Waals surface area contributed by atoms with Gasteiger partial charge in [0.1, 0.15) is 5.82 Å². The summed E-state index contributed by atoms with van der Waals surface area (Å²) in [5.74, 6) is -0.364. The molecule has 2 saturated heterocycles. The molecule has 2 aliphatic heterocycles. The fraction of sp³-hybridized carbons (Fsp3) is 0.333. The van der Waals surface area contributed by atoms with E-state index in [4.69, 9.17) is 21.1 Å². The van der Waals surface area contributed by atoms with Crippen molar-refractivity contribution in [2.24, 2.45) is 4.99 Å². The second-order valence-electron chi connectivity index (χ2n) is 6.88. The summed E-state index contributed by atoms with van der Waals surface area (Å²) in [6.07, 6.45) is 0.633. The smallest absolute Gasteiger partial charge is 0.415 e. The minimum atomic E-state index is -0.508. The summed E-state index contributed by atoms with van der Waals surface area (Å²) < 4.78 is 25.3. The third-order valence-corrected chi connectivity index (χ3v) is 5.14. The first kappa shape index (κ1) is 19.7. The molecule has 0 N–H and O–H groups in total. The number of aliphatic imine (C=N–C) groups is 1. The first-order valence-corrected chi connectivity index (χ1v) is 9.83. The highest BCUT2D eigenvalue weighted by Crippen LogP contribution is 2.28. The molecule has 0 spiro atoms.